The molecule has 6 heteroatoms. The number of ether oxygens (including phenoxy) is 1. The van der Waals surface area contributed by atoms with Crippen LogP contribution in [0.5, 0.6) is 0 Å². The molecule has 0 unspecified atom stereocenters. The Labute approximate surface area is 133 Å². The van der Waals surface area contributed by atoms with Gasteiger partial charge in [0.25, 0.3) is 5.91 Å². The molecule has 0 aliphatic carbocycles. The van der Waals surface area contributed by atoms with Gasteiger partial charge in [0.15, 0.2) is 0 Å². The molecule has 0 fully saturated rings. The van der Waals surface area contributed by atoms with Crippen molar-refractivity contribution in [2.75, 3.05) is 20.3 Å². The standard InChI is InChI=1S/C14H13NO3S.C2H6O/c1-18-13(16)9-15-14(17)11-6-3-2-5-10(11)12-7-4-8-19-12;1-2-3/h2-8H,9H2,1H3,(H,15,17);3H,2H2,1H3. The summed E-state index contributed by atoms with van der Waals surface area (Å²) >= 11 is 1.56. The van der Waals surface area contributed by atoms with Gasteiger partial charge >= 0.3 is 5.97 Å². The molecule has 0 aliphatic rings. The van der Waals surface area contributed by atoms with Crippen molar-refractivity contribution in [3.8, 4) is 10.4 Å². The minimum Gasteiger partial charge on any atom is -0.468 e. The molecule has 1 amide bonds. The van der Waals surface area contributed by atoms with E-state index in [0.717, 1.165) is 10.4 Å². The number of rotatable bonds is 4. The first-order valence-electron chi connectivity index (χ1n) is 6.72. The molecule has 0 spiro atoms. The van der Waals surface area contributed by atoms with E-state index in [2.05, 4.69) is 10.1 Å². The number of hydrogen-bond acceptors (Lipinski definition) is 5. The van der Waals surface area contributed by atoms with Crippen LogP contribution in [0.15, 0.2) is 41.8 Å². The first-order valence-corrected chi connectivity index (χ1v) is 7.60. The van der Waals surface area contributed by atoms with Crippen LogP contribution in [0.4, 0.5) is 0 Å². The predicted molar refractivity (Wildman–Crippen MR) is 86.9 cm³/mol. The van der Waals surface area contributed by atoms with Crippen LogP contribution in [-0.2, 0) is 9.53 Å². The van der Waals surface area contributed by atoms with Crippen molar-refractivity contribution in [3.63, 3.8) is 0 Å². The van der Waals surface area contributed by atoms with Crippen LogP contribution in [0.1, 0.15) is 17.3 Å². The Balaban J connectivity index is 0.000000745. The van der Waals surface area contributed by atoms with E-state index < -0.39 is 5.97 Å². The molecule has 1 aromatic heterocycles. The molecule has 1 heterocycles. The number of benzene rings is 1. The Bertz CT molecular complexity index is 596. The van der Waals surface area contributed by atoms with Crippen LogP contribution in [-0.4, -0.2) is 37.2 Å². The third-order valence-electron chi connectivity index (χ3n) is 2.58. The number of aliphatic hydroxyl groups excluding tert-OH is 1. The molecule has 0 saturated carbocycles. The summed E-state index contributed by atoms with van der Waals surface area (Å²) in [6.07, 6.45) is 0. The fraction of sp³-hybridized carbons (Fsp3) is 0.250. The first-order chi connectivity index (χ1) is 10.6. The van der Waals surface area contributed by atoms with Gasteiger partial charge < -0.3 is 15.2 Å². The fourth-order valence-corrected chi connectivity index (χ4v) is 2.41. The fourth-order valence-electron chi connectivity index (χ4n) is 1.65. The van der Waals surface area contributed by atoms with E-state index in [-0.39, 0.29) is 19.1 Å². The number of thiophene rings is 1. The molecular formula is C16H19NO4S. The lowest BCUT2D eigenvalue weighted by molar-refractivity contribution is -0.139. The molecule has 22 heavy (non-hydrogen) atoms. The van der Waals surface area contributed by atoms with Gasteiger partial charge in [0.05, 0.1) is 7.11 Å². The number of aliphatic hydroxyl groups is 1. The quantitative estimate of drug-likeness (QED) is 0.847. The van der Waals surface area contributed by atoms with Crippen LogP contribution < -0.4 is 5.32 Å². The van der Waals surface area contributed by atoms with Gasteiger partial charge in [0.1, 0.15) is 6.54 Å². The second-order valence-electron chi connectivity index (χ2n) is 4.10. The molecule has 2 aromatic rings. The van der Waals surface area contributed by atoms with E-state index >= 15 is 0 Å². The van der Waals surface area contributed by atoms with Crippen molar-refractivity contribution in [1.29, 1.82) is 0 Å². The second-order valence-corrected chi connectivity index (χ2v) is 5.05. The predicted octanol–water partition coefficient (Wildman–Crippen LogP) is 2.32. The highest BCUT2D eigenvalue weighted by molar-refractivity contribution is 7.13. The molecule has 2 rings (SSSR count). The van der Waals surface area contributed by atoms with Crippen molar-refractivity contribution in [1.82, 2.24) is 5.32 Å². The number of carbonyl (C=O) groups excluding carboxylic acids is 2. The summed E-state index contributed by atoms with van der Waals surface area (Å²) in [4.78, 5) is 24.1. The summed E-state index contributed by atoms with van der Waals surface area (Å²) in [7, 11) is 1.29. The van der Waals surface area contributed by atoms with Gasteiger partial charge in [-0.15, -0.1) is 11.3 Å². The van der Waals surface area contributed by atoms with Gasteiger partial charge in [-0.05, 0) is 24.4 Å². The van der Waals surface area contributed by atoms with Crippen LogP contribution in [0.3, 0.4) is 0 Å². The van der Waals surface area contributed by atoms with E-state index in [1.807, 2.05) is 29.6 Å². The summed E-state index contributed by atoms with van der Waals surface area (Å²) in [5.74, 6) is -0.753. The van der Waals surface area contributed by atoms with Crippen LogP contribution in [0.2, 0.25) is 0 Å². The molecule has 0 bridgehead atoms. The molecular weight excluding hydrogens is 302 g/mol. The topological polar surface area (TPSA) is 75.6 Å². The maximum atomic E-state index is 12.1. The van der Waals surface area contributed by atoms with Crippen LogP contribution in [0, 0.1) is 0 Å². The summed E-state index contributed by atoms with van der Waals surface area (Å²) in [5.41, 5.74) is 1.41. The van der Waals surface area contributed by atoms with Crippen LogP contribution in [0.25, 0.3) is 10.4 Å². The molecule has 1 aromatic carbocycles. The van der Waals surface area contributed by atoms with Gasteiger partial charge in [0, 0.05) is 22.6 Å². The Morgan fingerprint density at radius 1 is 1.23 bits per heavy atom. The molecule has 0 atom stereocenters. The van der Waals surface area contributed by atoms with Crippen molar-refractivity contribution in [2.45, 2.75) is 6.92 Å². The lowest BCUT2D eigenvalue weighted by Gasteiger charge is -2.08. The lowest BCUT2D eigenvalue weighted by atomic mass is 10.1. The third kappa shape index (κ3) is 5.31. The highest BCUT2D eigenvalue weighted by Gasteiger charge is 2.13. The number of esters is 1. The molecule has 0 radical (unpaired) electrons. The van der Waals surface area contributed by atoms with Crippen molar-refractivity contribution in [2.24, 2.45) is 0 Å². The highest BCUT2D eigenvalue weighted by atomic mass is 32.1. The molecule has 2 N–H and O–H groups in total. The maximum Gasteiger partial charge on any atom is 0.325 e. The lowest BCUT2D eigenvalue weighted by Crippen LogP contribution is -2.30. The van der Waals surface area contributed by atoms with Gasteiger partial charge in [-0.1, -0.05) is 24.3 Å². The summed E-state index contributed by atoms with van der Waals surface area (Å²) < 4.78 is 4.49. The first kappa shape index (κ1) is 17.9. The van der Waals surface area contributed by atoms with Gasteiger partial charge in [-0.2, -0.15) is 0 Å². The number of hydrogen-bond donors (Lipinski definition) is 2. The maximum absolute atomic E-state index is 12.1. The number of methoxy groups -OCH3 is 1. The van der Waals surface area contributed by atoms with E-state index in [4.69, 9.17) is 5.11 Å². The Morgan fingerprint density at radius 2 is 1.91 bits per heavy atom. The monoisotopic (exact) mass is 321 g/mol. The number of carbonyl (C=O) groups is 2. The smallest absolute Gasteiger partial charge is 0.325 e. The van der Waals surface area contributed by atoms with E-state index in [1.54, 1.807) is 30.4 Å². The molecule has 0 saturated heterocycles. The number of nitrogens with one attached hydrogen (secondary N) is 1. The minimum absolute atomic E-state index is 0.131. The van der Waals surface area contributed by atoms with E-state index in [0.29, 0.717) is 5.56 Å². The molecule has 118 valence electrons. The highest BCUT2D eigenvalue weighted by Crippen LogP contribution is 2.27. The summed E-state index contributed by atoms with van der Waals surface area (Å²) in [6, 6.07) is 11.2. The zero-order chi connectivity index (χ0) is 16.4. The molecule has 5 nitrogen and oxygen atoms in total. The van der Waals surface area contributed by atoms with E-state index in [1.165, 1.54) is 7.11 Å². The second kappa shape index (κ2) is 9.70. The summed E-state index contributed by atoms with van der Waals surface area (Å²) in [6.45, 7) is 1.80. The Morgan fingerprint density at radius 3 is 2.50 bits per heavy atom. The minimum atomic E-state index is -0.470. The average molecular weight is 321 g/mol. The normalized spacial score (nSPS) is 9.41. The largest absolute Gasteiger partial charge is 0.468 e. The molecule has 0 aliphatic heterocycles. The van der Waals surface area contributed by atoms with Gasteiger partial charge in [0.2, 0.25) is 0 Å². The average Bonchev–Trinajstić information content (AvgIpc) is 3.07. The van der Waals surface area contributed by atoms with Crippen molar-refractivity contribution < 1.29 is 19.4 Å². The summed E-state index contributed by atoms with van der Waals surface area (Å²) in [5, 5.41) is 12.1. The third-order valence-corrected chi connectivity index (χ3v) is 3.48. The Hall–Kier alpha value is -2.18. The zero-order valence-electron chi connectivity index (χ0n) is 12.5. The van der Waals surface area contributed by atoms with E-state index in [9.17, 15) is 9.59 Å². The van der Waals surface area contributed by atoms with Gasteiger partial charge in [-0.25, -0.2) is 0 Å². The van der Waals surface area contributed by atoms with Crippen molar-refractivity contribution in [3.05, 3.63) is 47.3 Å². The number of amides is 1. The Kier molecular flexibility index (Phi) is 7.88. The van der Waals surface area contributed by atoms with Gasteiger partial charge in [-0.3, -0.25) is 9.59 Å². The zero-order valence-corrected chi connectivity index (χ0v) is 13.4. The van der Waals surface area contributed by atoms with Crippen LogP contribution >= 0.6 is 11.3 Å². The van der Waals surface area contributed by atoms with Crippen molar-refractivity contribution >= 4 is 23.2 Å². The SMILES string of the molecule is CCO.COC(=O)CNC(=O)c1ccccc1-c1cccs1.